The van der Waals surface area contributed by atoms with E-state index in [0.717, 1.165) is 19.4 Å². The Morgan fingerprint density at radius 1 is 1.28 bits per heavy atom. The highest BCUT2D eigenvalue weighted by Gasteiger charge is 2.14. The van der Waals surface area contributed by atoms with E-state index >= 15 is 0 Å². The molecule has 1 unspecified atom stereocenters. The van der Waals surface area contributed by atoms with Crippen LogP contribution in [0.3, 0.4) is 0 Å². The van der Waals surface area contributed by atoms with Crippen molar-refractivity contribution >= 4 is 0 Å². The van der Waals surface area contributed by atoms with Crippen molar-refractivity contribution in [3.63, 3.8) is 0 Å². The van der Waals surface area contributed by atoms with E-state index in [1.807, 2.05) is 6.92 Å². The molecule has 102 valence electrons. The smallest absolute Gasteiger partial charge is 0.129 e. The molecule has 1 N–H and O–H groups in total. The molecule has 0 spiro atoms. The summed E-state index contributed by atoms with van der Waals surface area (Å²) in [6.45, 7) is 3.44. The van der Waals surface area contributed by atoms with Crippen LogP contribution in [0.5, 0.6) is 0 Å². The van der Waals surface area contributed by atoms with Gasteiger partial charge in [0.25, 0.3) is 0 Å². The maximum atomic E-state index is 13.5. The van der Waals surface area contributed by atoms with Crippen LogP contribution in [-0.2, 0) is 11.2 Å². The fourth-order valence-electron chi connectivity index (χ4n) is 2.01. The fraction of sp³-hybridized carbons (Fsp3) is 0.571. The van der Waals surface area contributed by atoms with E-state index in [1.165, 1.54) is 18.2 Å². The number of benzene rings is 1. The van der Waals surface area contributed by atoms with E-state index < -0.39 is 11.6 Å². The molecule has 0 bridgehead atoms. The minimum absolute atomic E-state index is 0.0801. The molecule has 0 aliphatic heterocycles. The van der Waals surface area contributed by atoms with Crippen molar-refractivity contribution in [2.24, 2.45) is 0 Å². The topological polar surface area (TPSA) is 21.3 Å². The molecule has 0 aliphatic carbocycles. The van der Waals surface area contributed by atoms with Crippen molar-refractivity contribution in [1.82, 2.24) is 5.32 Å². The third-order valence-corrected chi connectivity index (χ3v) is 2.91. The molecular weight excluding hydrogens is 236 g/mol. The van der Waals surface area contributed by atoms with Crippen molar-refractivity contribution in [2.45, 2.75) is 32.2 Å². The largest absolute Gasteiger partial charge is 0.385 e. The predicted octanol–water partition coefficient (Wildman–Crippen LogP) is 2.91. The van der Waals surface area contributed by atoms with Crippen molar-refractivity contribution < 1.29 is 13.5 Å². The quantitative estimate of drug-likeness (QED) is 0.723. The third kappa shape index (κ3) is 4.70. The molecule has 0 fully saturated rings. The normalized spacial score (nSPS) is 12.7. The molecule has 1 rings (SSSR count). The van der Waals surface area contributed by atoms with Gasteiger partial charge in [-0.05, 0) is 37.9 Å². The van der Waals surface area contributed by atoms with Gasteiger partial charge in [-0.2, -0.15) is 0 Å². The number of rotatable bonds is 8. The summed E-state index contributed by atoms with van der Waals surface area (Å²) in [5.74, 6) is -0.936. The summed E-state index contributed by atoms with van der Waals surface area (Å²) in [5, 5.41) is 3.26. The highest BCUT2D eigenvalue weighted by molar-refractivity contribution is 5.20. The van der Waals surface area contributed by atoms with Gasteiger partial charge in [0.15, 0.2) is 0 Å². The molecule has 1 aromatic carbocycles. The fourth-order valence-corrected chi connectivity index (χ4v) is 2.01. The molecule has 1 atom stereocenters. The van der Waals surface area contributed by atoms with Gasteiger partial charge in [-0.15, -0.1) is 0 Å². The van der Waals surface area contributed by atoms with Crippen LogP contribution in [0.1, 0.15) is 25.3 Å². The first-order valence-corrected chi connectivity index (χ1v) is 6.34. The Kier molecular flexibility index (Phi) is 6.83. The van der Waals surface area contributed by atoms with E-state index in [9.17, 15) is 8.78 Å². The lowest BCUT2D eigenvalue weighted by atomic mass is 10.0. The summed E-state index contributed by atoms with van der Waals surface area (Å²) in [7, 11) is 1.65. The molecule has 0 aliphatic rings. The molecular formula is C14H21F2NO. The minimum Gasteiger partial charge on any atom is -0.385 e. The number of nitrogens with one attached hydrogen (secondary N) is 1. The van der Waals surface area contributed by atoms with E-state index in [1.54, 1.807) is 7.11 Å². The minimum atomic E-state index is -0.468. The summed E-state index contributed by atoms with van der Waals surface area (Å²) in [6, 6.07) is 4.07. The van der Waals surface area contributed by atoms with E-state index in [2.05, 4.69) is 5.32 Å². The lowest BCUT2D eigenvalue weighted by Gasteiger charge is -2.18. The van der Waals surface area contributed by atoms with Gasteiger partial charge in [0.1, 0.15) is 11.6 Å². The van der Waals surface area contributed by atoms with Crippen LogP contribution in [0.4, 0.5) is 8.78 Å². The summed E-state index contributed by atoms with van der Waals surface area (Å²) in [4.78, 5) is 0. The molecule has 0 amide bonds. The summed E-state index contributed by atoms with van der Waals surface area (Å²) < 4.78 is 32.1. The van der Waals surface area contributed by atoms with Crippen LogP contribution in [0.25, 0.3) is 0 Å². The second-order valence-electron chi connectivity index (χ2n) is 4.29. The van der Waals surface area contributed by atoms with Gasteiger partial charge >= 0.3 is 0 Å². The van der Waals surface area contributed by atoms with Crippen molar-refractivity contribution in [1.29, 1.82) is 0 Å². The average Bonchev–Trinajstić information content (AvgIpc) is 2.34. The highest BCUT2D eigenvalue weighted by atomic mass is 19.1. The first-order valence-electron chi connectivity index (χ1n) is 6.34. The zero-order chi connectivity index (χ0) is 13.4. The number of ether oxygens (including phenoxy) is 1. The van der Waals surface area contributed by atoms with E-state index in [0.29, 0.717) is 13.0 Å². The maximum absolute atomic E-state index is 13.5. The van der Waals surface area contributed by atoms with Gasteiger partial charge in [0.2, 0.25) is 0 Å². The molecule has 0 aromatic heterocycles. The number of hydrogen-bond acceptors (Lipinski definition) is 2. The lowest BCUT2D eigenvalue weighted by Crippen LogP contribution is -2.31. The number of likely N-dealkylation sites (N-methyl/N-ethyl adjacent to an activating group) is 1. The Morgan fingerprint density at radius 2 is 1.94 bits per heavy atom. The number of hydrogen-bond donors (Lipinski definition) is 1. The number of halogens is 2. The zero-order valence-corrected chi connectivity index (χ0v) is 11.0. The summed E-state index contributed by atoms with van der Waals surface area (Å²) >= 11 is 0. The van der Waals surface area contributed by atoms with Gasteiger partial charge in [0.05, 0.1) is 0 Å². The monoisotopic (exact) mass is 257 g/mol. The van der Waals surface area contributed by atoms with Crippen LogP contribution in [0, 0.1) is 11.6 Å². The molecule has 0 saturated carbocycles. The molecule has 0 saturated heterocycles. The van der Waals surface area contributed by atoms with Gasteiger partial charge in [0, 0.05) is 25.3 Å². The average molecular weight is 257 g/mol. The molecule has 4 heteroatoms. The molecule has 0 heterocycles. The number of methoxy groups -OCH3 is 1. The predicted molar refractivity (Wildman–Crippen MR) is 68.6 cm³/mol. The van der Waals surface area contributed by atoms with Crippen LogP contribution in [-0.4, -0.2) is 26.3 Å². The maximum Gasteiger partial charge on any atom is 0.129 e. The Hall–Kier alpha value is -1.00. The van der Waals surface area contributed by atoms with Crippen molar-refractivity contribution in [3.8, 4) is 0 Å². The van der Waals surface area contributed by atoms with Crippen LogP contribution < -0.4 is 5.32 Å². The third-order valence-electron chi connectivity index (χ3n) is 2.91. The van der Waals surface area contributed by atoms with E-state index in [4.69, 9.17) is 4.74 Å². The Bertz CT molecular complexity index is 337. The Balaban J connectivity index is 2.64. The standard InChI is InChI=1S/C14H21F2NO/c1-3-17-11(6-5-9-18-2)10-12-13(15)7-4-8-14(12)16/h4,7-8,11,17H,3,5-6,9-10H2,1-2H3. The van der Waals surface area contributed by atoms with Gasteiger partial charge in [-0.1, -0.05) is 13.0 Å². The summed E-state index contributed by atoms with van der Waals surface area (Å²) in [6.07, 6.45) is 2.09. The first kappa shape index (κ1) is 15.1. The van der Waals surface area contributed by atoms with Crippen molar-refractivity contribution in [3.05, 3.63) is 35.4 Å². The summed E-state index contributed by atoms with van der Waals surface area (Å²) in [5.41, 5.74) is 0.167. The molecule has 18 heavy (non-hydrogen) atoms. The van der Waals surface area contributed by atoms with Crippen LogP contribution >= 0.6 is 0 Å². The Labute approximate surface area is 107 Å². The van der Waals surface area contributed by atoms with Crippen LogP contribution in [0.15, 0.2) is 18.2 Å². The second-order valence-corrected chi connectivity index (χ2v) is 4.29. The molecule has 1 aromatic rings. The van der Waals surface area contributed by atoms with Crippen LogP contribution in [0.2, 0.25) is 0 Å². The molecule has 0 radical (unpaired) electrons. The first-order chi connectivity index (χ1) is 8.69. The van der Waals surface area contributed by atoms with E-state index in [-0.39, 0.29) is 11.6 Å². The van der Waals surface area contributed by atoms with Gasteiger partial charge in [-0.25, -0.2) is 8.78 Å². The Morgan fingerprint density at radius 3 is 2.50 bits per heavy atom. The SMILES string of the molecule is CCNC(CCCOC)Cc1c(F)cccc1F. The lowest BCUT2D eigenvalue weighted by molar-refractivity contribution is 0.188. The highest BCUT2D eigenvalue weighted by Crippen LogP contribution is 2.16. The zero-order valence-electron chi connectivity index (χ0n) is 11.0. The van der Waals surface area contributed by atoms with Crippen molar-refractivity contribution in [2.75, 3.05) is 20.3 Å². The van der Waals surface area contributed by atoms with Gasteiger partial charge in [-0.3, -0.25) is 0 Å². The molecule has 2 nitrogen and oxygen atoms in total. The second kappa shape index (κ2) is 8.16. The van der Waals surface area contributed by atoms with Gasteiger partial charge < -0.3 is 10.1 Å².